The minimum absolute atomic E-state index is 0.0888. The zero-order valence-corrected chi connectivity index (χ0v) is 24.4. The van der Waals surface area contributed by atoms with Gasteiger partial charge in [0.15, 0.2) is 0 Å². The third-order valence-electron chi connectivity index (χ3n) is 10.2. The van der Waals surface area contributed by atoms with E-state index >= 15 is 0 Å². The Bertz CT molecular complexity index is 2070. The van der Waals surface area contributed by atoms with Crippen LogP contribution in [0.5, 0.6) is 0 Å². The Hall–Kier alpha value is -4.62. The quantitative estimate of drug-likeness (QED) is 0.216. The summed E-state index contributed by atoms with van der Waals surface area (Å²) in [6.07, 6.45) is 1.23. The number of hydrogen-bond donors (Lipinski definition) is 0. The number of aryl methyl sites for hydroxylation is 1. The van der Waals surface area contributed by atoms with Crippen molar-refractivity contribution in [2.45, 2.75) is 44.4 Å². The minimum atomic E-state index is -0.0888. The first-order chi connectivity index (χ1) is 20.5. The van der Waals surface area contributed by atoms with E-state index in [1.54, 1.807) is 0 Å². The molecule has 1 fully saturated rings. The summed E-state index contributed by atoms with van der Waals surface area (Å²) in [5.74, 6) is 1.20. The predicted molar refractivity (Wildman–Crippen MR) is 176 cm³/mol. The molecule has 0 bridgehead atoms. The minimum Gasteiger partial charge on any atom is -0.310 e. The third-order valence-corrected chi connectivity index (χ3v) is 10.2. The number of para-hydroxylation sites is 1. The van der Waals surface area contributed by atoms with Gasteiger partial charge in [-0.3, -0.25) is 0 Å². The molecule has 0 spiro atoms. The van der Waals surface area contributed by atoms with E-state index in [2.05, 4.69) is 147 Å². The van der Waals surface area contributed by atoms with Crippen molar-refractivity contribution in [3.63, 3.8) is 0 Å². The van der Waals surface area contributed by atoms with Gasteiger partial charge in [-0.1, -0.05) is 116 Å². The van der Waals surface area contributed by atoms with Crippen molar-refractivity contribution in [3.8, 4) is 22.3 Å². The molecule has 0 amide bonds. The summed E-state index contributed by atoms with van der Waals surface area (Å²) in [6, 6.07) is 45.6. The molecule has 0 saturated heterocycles. The molecule has 1 saturated carbocycles. The SMILES string of the molecule is Cc1ccc2c(c1)C(C)(C)c1cc(N(c3ccccc3)c3cccc4c3C3CC3c3ccccc3-4)c3ccccc3c1-2. The second-order valence-corrected chi connectivity index (χ2v) is 13.0. The molecule has 6 aromatic rings. The van der Waals surface area contributed by atoms with E-state index in [-0.39, 0.29) is 5.41 Å². The highest BCUT2D eigenvalue weighted by atomic mass is 15.1. The summed E-state index contributed by atoms with van der Waals surface area (Å²) in [7, 11) is 0. The molecule has 6 aromatic carbocycles. The lowest BCUT2D eigenvalue weighted by molar-refractivity contribution is 0.660. The molecule has 9 rings (SSSR count). The number of fused-ring (bicyclic) bond motifs is 11. The van der Waals surface area contributed by atoms with Gasteiger partial charge in [0, 0.05) is 16.5 Å². The fraction of sp³-hybridized carbons (Fsp3) is 0.171. The lowest BCUT2D eigenvalue weighted by Gasteiger charge is -2.33. The largest absolute Gasteiger partial charge is 0.310 e. The predicted octanol–water partition coefficient (Wildman–Crippen LogP) is 11.2. The molecule has 3 aliphatic carbocycles. The second kappa shape index (κ2) is 8.46. The summed E-state index contributed by atoms with van der Waals surface area (Å²) in [5.41, 5.74) is 16.5. The Morgan fingerprint density at radius 3 is 2.19 bits per heavy atom. The first-order valence-corrected chi connectivity index (χ1v) is 15.3. The number of anilines is 3. The molecule has 2 unspecified atom stereocenters. The maximum atomic E-state index is 2.56. The van der Waals surface area contributed by atoms with Crippen LogP contribution in [0, 0.1) is 6.92 Å². The van der Waals surface area contributed by atoms with E-state index in [9.17, 15) is 0 Å². The maximum absolute atomic E-state index is 2.56. The normalized spacial score (nSPS) is 18.5. The van der Waals surface area contributed by atoms with Crippen molar-refractivity contribution >= 4 is 27.8 Å². The smallest absolute Gasteiger partial charge is 0.0543 e. The molecule has 3 aliphatic rings. The van der Waals surface area contributed by atoms with Crippen LogP contribution in [0.2, 0.25) is 0 Å². The fourth-order valence-corrected chi connectivity index (χ4v) is 8.14. The van der Waals surface area contributed by atoms with Crippen molar-refractivity contribution in [3.05, 3.63) is 149 Å². The van der Waals surface area contributed by atoms with Gasteiger partial charge in [0.2, 0.25) is 0 Å². The number of rotatable bonds is 3. The highest BCUT2D eigenvalue weighted by Crippen LogP contribution is 2.65. The van der Waals surface area contributed by atoms with Gasteiger partial charge in [-0.15, -0.1) is 0 Å². The van der Waals surface area contributed by atoms with Crippen LogP contribution < -0.4 is 4.90 Å². The molecule has 0 aromatic heterocycles. The van der Waals surface area contributed by atoms with Gasteiger partial charge in [-0.2, -0.15) is 0 Å². The van der Waals surface area contributed by atoms with Gasteiger partial charge in [-0.25, -0.2) is 0 Å². The lowest BCUT2D eigenvalue weighted by atomic mass is 9.81. The van der Waals surface area contributed by atoms with Crippen LogP contribution in [0.4, 0.5) is 17.1 Å². The van der Waals surface area contributed by atoms with Crippen LogP contribution in [-0.4, -0.2) is 0 Å². The Morgan fingerprint density at radius 1 is 0.595 bits per heavy atom. The lowest BCUT2D eigenvalue weighted by Crippen LogP contribution is -2.18. The number of nitrogens with zero attached hydrogens (tertiary/aromatic N) is 1. The maximum Gasteiger partial charge on any atom is 0.0543 e. The van der Waals surface area contributed by atoms with Crippen LogP contribution in [-0.2, 0) is 5.41 Å². The van der Waals surface area contributed by atoms with Crippen molar-refractivity contribution < 1.29 is 0 Å². The van der Waals surface area contributed by atoms with Crippen LogP contribution in [0.25, 0.3) is 33.0 Å². The Kier molecular flexibility index (Phi) is 4.84. The van der Waals surface area contributed by atoms with E-state index in [0.717, 1.165) is 0 Å². The molecular weight excluding hydrogens is 506 g/mol. The van der Waals surface area contributed by atoms with Crippen LogP contribution in [0.1, 0.15) is 59.9 Å². The second-order valence-electron chi connectivity index (χ2n) is 13.0. The number of benzene rings is 6. The molecule has 202 valence electrons. The summed E-state index contributed by atoms with van der Waals surface area (Å²) in [6.45, 7) is 7.01. The van der Waals surface area contributed by atoms with E-state index in [1.165, 1.54) is 84.3 Å². The zero-order chi connectivity index (χ0) is 28.2. The summed E-state index contributed by atoms with van der Waals surface area (Å²) in [5, 5.41) is 2.63. The standard InChI is InChI=1S/C41H33N/c1-25-20-21-32-35(22-25)41(2,3)36-24-38(29-16-9-10-17-31(29)39(32)36)42(26-12-5-4-6-13-26)37-19-11-18-30-27-14-7-8-15-28(27)33-23-34(33)40(30)37/h4-22,24,33-34H,23H2,1-3H3. The van der Waals surface area contributed by atoms with E-state index in [4.69, 9.17) is 0 Å². The zero-order valence-electron chi connectivity index (χ0n) is 24.4. The van der Waals surface area contributed by atoms with E-state index < -0.39 is 0 Å². The highest BCUT2D eigenvalue weighted by Gasteiger charge is 2.47. The van der Waals surface area contributed by atoms with Gasteiger partial charge in [-0.05, 0) is 99.3 Å². The monoisotopic (exact) mass is 539 g/mol. The average molecular weight is 540 g/mol. The Labute approximate surface area is 248 Å². The van der Waals surface area contributed by atoms with Gasteiger partial charge >= 0.3 is 0 Å². The highest BCUT2D eigenvalue weighted by molar-refractivity contribution is 6.10. The molecule has 0 radical (unpaired) electrons. The van der Waals surface area contributed by atoms with Crippen LogP contribution in [0.15, 0.2) is 121 Å². The van der Waals surface area contributed by atoms with Crippen molar-refractivity contribution in [2.24, 2.45) is 0 Å². The summed E-state index contributed by atoms with van der Waals surface area (Å²) in [4.78, 5) is 2.56. The van der Waals surface area contributed by atoms with Crippen LogP contribution in [0.3, 0.4) is 0 Å². The van der Waals surface area contributed by atoms with Gasteiger partial charge in [0.1, 0.15) is 0 Å². The molecule has 1 heteroatoms. The van der Waals surface area contributed by atoms with Gasteiger partial charge < -0.3 is 4.90 Å². The Balaban J connectivity index is 1.36. The van der Waals surface area contributed by atoms with Gasteiger partial charge in [0.05, 0.1) is 11.4 Å². The number of hydrogen-bond acceptors (Lipinski definition) is 1. The molecule has 2 atom stereocenters. The fourth-order valence-electron chi connectivity index (χ4n) is 8.14. The third kappa shape index (κ3) is 3.20. The Morgan fingerprint density at radius 2 is 1.33 bits per heavy atom. The van der Waals surface area contributed by atoms with Crippen molar-refractivity contribution in [1.82, 2.24) is 0 Å². The van der Waals surface area contributed by atoms with Crippen molar-refractivity contribution in [1.29, 1.82) is 0 Å². The molecular formula is C41H33N. The first kappa shape index (κ1) is 24.0. The molecule has 0 N–H and O–H groups in total. The average Bonchev–Trinajstić information content (AvgIpc) is 3.79. The molecule has 1 nitrogen and oxygen atoms in total. The van der Waals surface area contributed by atoms with Gasteiger partial charge in [0.25, 0.3) is 0 Å². The summed E-state index contributed by atoms with van der Waals surface area (Å²) >= 11 is 0. The van der Waals surface area contributed by atoms with Crippen LogP contribution >= 0.6 is 0 Å². The van der Waals surface area contributed by atoms with E-state index in [1.807, 2.05) is 0 Å². The first-order valence-electron chi connectivity index (χ1n) is 15.3. The van der Waals surface area contributed by atoms with Crippen molar-refractivity contribution in [2.75, 3.05) is 4.90 Å². The topological polar surface area (TPSA) is 3.24 Å². The molecule has 0 aliphatic heterocycles. The summed E-state index contributed by atoms with van der Waals surface area (Å²) < 4.78 is 0. The molecule has 0 heterocycles. The van der Waals surface area contributed by atoms with E-state index in [0.29, 0.717) is 11.8 Å². The molecule has 42 heavy (non-hydrogen) atoms.